The molecule has 6 heteroatoms. The summed E-state index contributed by atoms with van der Waals surface area (Å²) in [6.07, 6.45) is 18.4. The average Bonchev–Trinajstić information content (AvgIpc) is 2.72. The van der Waals surface area contributed by atoms with Crippen LogP contribution in [-0.4, -0.2) is 18.6 Å². The predicted octanol–water partition coefficient (Wildman–Crippen LogP) is 7.31. The normalized spacial score (nSPS) is 14.4. The van der Waals surface area contributed by atoms with Crippen molar-refractivity contribution in [2.24, 2.45) is 5.73 Å². The Morgan fingerprint density at radius 3 is 1.59 bits per heavy atom. The van der Waals surface area contributed by atoms with Gasteiger partial charge in [0.25, 0.3) is 0 Å². The van der Waals surface area contributed by atoms with Crippen LogP contribution >= 0.6 is 0 Å². The van der Waals surface area contributed by atoms with E-state index in [2.05, 4.69) is 6.92 Å². The zero-order chi connectivity index (χ0) is 23.9. The summed E-state index contributed by atoms with van der Waals surface area (Å²) in [6.45, 7) is 5.50. The van der Waals surface area contributed by atoms with Crippen molar-refractivity contribution in [1.29, 1.82) is 0 Å². The van der Waals surface area contributed by atoms with Gasteiger partial charge >= 0.3 is 10.4 Å². The Morgan fingerprint density at radius 1 is 0.781 bits per heavy atom. The van der Waals surface area contributed by atoms with Crippen LogP contribution in [-0.2, 0) is 20.1 Å². The van der Waals surface area contributed by atoms with E-state index in [9.17, 15) is 13.0 Å². The number of nitrogens with two attached hydrogens (primary N) is 1. The molecule has 3 N–H and O–H groups in total. The van der Waals surface area contributed by atoms with E-state index < -0.39 is 21.5 Å². The van der Waals surface area contributed by atoms with Crippen molar-refractivity contribution in [3.8, 4) is 0 Å². The van der Waals surface area contributed by atoms with Crippen LogP contribution in [0.5, 0.6) is 0 Å². The van der Waals surface area contributed by atoms with Gasteiger partial charge in [-0.05, 0) is 25.8 Å². The fourth-order valence-electron chi connectivity index (χ4n) is 4.46. The average molecular weight is 470 g/mol. The molecule has 0 aliphatic carbocycles. The van der Waals surface area contributed by atoms with Crippen molar-refractivity contribution in [1.82, 2.24) is 0 Å². The SMILES string of the molecule is CCCCCCCCCCCCCCCCC(N)(c1ccccc1)C(C)(C)OS(=O)(=O)O. The van der Waals surface area contributed by atoms with Crippen LogP contribution < -0.4 is 5.73 Å². The number of hydrogen-bond acceptors (Lipinski definition) is 4. The van der Waals surface area contributed by atoms with E-state index in [1.807, 2.05) is 30.3 Å². The Morgan fingerprint density at radius 2 is 1.19 bits per heavy atom. The number of rotatable bonds is 19. The highest BCUT2D eigenvalue weighted by Crippen LogP contribution is 2.38. The summed E-state index contributed by atoms with van der Waals surface area (Å²) in [5, 5.41) is 0. The minimum Gasteiger partial charge on any atom is -0.319 e. The molecule has 0 aliphatic rings. The van der Waals surface area contributed by atoms with Crippen molar-refractivity contribution in [3.05, 3.63) is 35.9 Å². The van der Waals surface area contributed by atoms with Gasteiger partial charge in [-0.2, -0.15) is 8.42 Å². The molecule has 32 heavy (non-hydrogen) atoms. The molecule has 1 unspecified atom stereocenters. The first-order valence-electron chi connectivity index (χ1n) is 12.6. The summed E-state index contributed by atoms with van der Waals surface area (Å²) in [5.74, 6) is 0. The quantitative estimate of drug-likeness (QED) is 0.164. The maximum Gasteiger partial charge on any atom is 0.397 e. The standard InChI is InChI=1S/C26H47NO4S/c1-4-5-6-7-8-9-10-11-12-13-14-15-16-20-23-26(27,24-21-18-17-19-22-24)25(2,3)31-32(28,29)30/h17-19,21-22H,4-16,20,23,27H2,1-3H3,(H,28,29,30). The van der Waals surface area contributed by atoms with E-state index in [0.717, 1.165) is 24.8 Å². The first kappa shape index (κ1) is 29.1. The Kier molecular flexibility index (Phi) is 13.7. The molecule has 0 aliphatic heterocycles. The number of benzene rings is 1. The number of unbranched alkanes of at least 4 members (excludes halogenated alkanes) is 13. The van der Waals surface area contributed by atoms with E-state index in [0.29, 0.717) is 6.42 Å². The Balaban J connectivity index is 2.34. The van der Waals surface area contributed by atoms with Crippen LogP contribution in [0.4, 0.5) is 0 Å². The lowest BCUT2D eigenvalue weighted by molar-refractivity contribution is 0.00995. The monoisotopic (exact) mass is 469 g/mol. The summed E-state index contributed by atoms with van der Waals surface area (Å²) in [4.78, 5) is 0. The molecule has 0 heterocycles. The van der Waals surface area contributed by atoms with Gasteiger partial charge in [0, 0.05) is 0 Å². The molecule has 186 valence electrons. The molecule has 0 aromatic heterocycles. The van der Waals surface area contributed by atoms with Crippen LogP contribution in [0.15, 0.2) is 30.3 Å². The first-order chi connectivity index (χ1) is 15.1. The highest BCUT2D eigenvalue weighted by atomic mass is 32.3. The Bertz CT molecular complexity index is 706. The summed E-state index contributed by atoms with van der Waals surface area (Å²) < 4.78 is 37.1. The van der Waals surface area contributed by atoms with Gasteiger partial charge in [0.05, 0.1) is 5.54 Å². The Hall–Kier alpha value is -0.950. The molecule has 0 bridgehead atoms. The fraction of sp³-hybridized carbons (Fsp3) is 0.769. The fourth-order valence-corrected chi connectivity index (χ4v) is 5.14. The van der Waals surface area contributed by atoms with Crippen molar-refractivity contribution in [3.63, 3.8) is 0 Å². The molecule has 5 nitrogen and oxygen atoms in total. The van der Waals surface area contributed by atoms with E-state index in [4.69, 9.17) is 9.92 Å². The molecule has 0 radical (unpaired) electrons. The van der Waals surface area contributed by atoms with Gasteiger partial charge in [-0.25, -0.2) is 4.18 Å². The highest BCUT2D eigenvalue weighted by molar-refractivity contribution is 7.80. The van der Waals surface area contributed by atoms with Crippen molar-refractivity contribution in [2.45, 2.75) is 128 Å². The zero-order valence-electron chi connectivity index (χ0n) is 20.7. The van der Waals surface area contributed by atoms with Crippen LogP contribution in [0.2, 0.25) is 0 Å². The molecule has 0 amide bonds. The minimum absolute atomic E-state index is 0.581. The summed E-state index contributed by atoms with van der Waals surface area (Å²) in [5.41, 5.74) is 5.25. The first-order valence-corrected chi connectivity index (χ1v) is 14.0. The molecule has 0 fully saturated rings. The molecular formula is C26H47NO4S. The van der Waals surface area contributed by atoms with Crippen LogP contribution in [0.3, 0.4) is 0 Å². The second kappa shape index (κ2) is 15.0. The molecule has 1 rings (SSSR count). The molecule has 0 saturated heterocycles. The van der Waals surface area contributed by atoms with Gasteiger partial charge in [0.1, 0.15) is 5.60 Å². The van der Waals surface area contributed by atoms with Crippen molar-refractivity contribution < 1.29 is 17.2 Å². The molecule has 0 saturated carbocycles. The maximum absolute atomic E-state index is 11.4. The lowest BCUT2D eigenvalue weighted by Crippen LogP contribution is -2.56. The van der Waals surface area contributed by atoms with Crippen LogP contribution in [0, 0.1) is 0 Å². The second-order valence-corrected chi connectivity index (χ2v) is 10.7. The maximum atomic E-state index is 11.4. The Labute approximate surface area is 197 Å². The highest BCUT2D eigenvalue weighted by Gasteiger charge is 2.46. The third-order valence-corrected chi connectivity index (χ3v) is 7.23. The smallest absolute Gasteiger partial charge is 0.319 e. The number of hydrogen-bond donors (Lipinski definition) is 2. The van der Waals surface area contributed by atoms with E-state index in [1.54, 1.807) is 13.8 Å². The third kappa shape index (κ3) is 11.3. The van der Waals surface area contributed by atoms with Gasteiger partial charge in [-0.3, -0.25) is 4.55 Å². The lowest BCUT2D eigenvalue weighted by Gasteiger charge is -2.43. The van der Waals surface area contributed by atoms with Crippen molar-refractivity contribution in [2.75, 3.05) is 0 Å². The third-order valence-electron chi connectivity index (χ3n) is 6.60. The van der Waals surface area contributed by atoms with Gasteiger partial charge in [-0.15, -0.1) is 0 Å². The van der Waals surface area contributed by atoms with Crippen LogP contribution in [0.25, 0.3) is 0 Å². The van der Waals surface area contributed by atoms with Crippen molar-refractivity contribution >= 4 is 10.4 Å². The van der Waals surface area contributed by atoms with E-state index in [1.165, 1.54) is 70.6 Å². The molecule has 1 atom stereocenters. The van der Waals surface area contributed by atoms with Gasteiger partial charge in [0.15, 0.2) is 0 Å². The molecule has 1 aromatic carbocycles. The van der Waals surface area contributed by atoms with E-state index in [-0.39, 0.29) is 0 Å². The zero-order valence-corrected chi connectivity index (χ0v) is 21.5. The molecule has 1 aromatic rings. The van der Waals surface area contributed by atoms with Gasteiger partial charge in [0.2, 0.25) is 0 Å². The largest absolute Gasteiger partial charge is 0.397 e. The van der Waals surface area contributed by atoms with Gasteiger partial charge < -0.3 is 5.73 Å². The molecule has 0 spiro atoms. The minimum atomic E-state index is -4.61. The molecular weight excluding hydrogens is 422 g/mol. The summed E-state index contributed by atoms with van der Waals surface area (Å²) >= 11 is 0. The summed E-state index contributed by atoms with van der Waals surface area (Å²) in [7, 11) is -4.61. The topological polar surface area (TPSA) is 89.6 Å². The lowest BCUT2D eigenvalue weighted by atomic mass is 9.74. The van der Waals surface area contributed by atoms with Gasteiger partial charge in [-0.1, -0.05) is 127 Å². The van der Waals surface area contributed by atoms with Crippen LogP contribution in [0.1, 0.15) is 123 Å². The second-order valence-electron chi connectivity index (χ2n) is 9.70. The predicted molar refractivity (Wildman–Crippen MR) is 134 cm³/mol. The summed E-state index contributed by atoms with van der Waals surface area (Å²) in [6, 6.07) is 9.43. The van der Waals surface area contributed by atoms with E-state index >= 15 is 0 Å².